The Morgan fingerprint density at radius 3 is 2.67 bits per heavy atom. The van der Waals surface area contributed by atoms with Crippen LogP contribution in [0.4, 0.5) is 24.7 Å². The Morgan fingerprint density at radius 1 is 1.17 bits per heavy atom. The van der Waals surface area contributed by atoms with Gasteiger partial charge in [-0.05, 0) is 50.7 Å². The van der Waals surface area contributed by atoms with Crippen molar-refractivity contribution in [3.05, 3.63) is 46.5 Å². The number of H-pyrrole nitrogens is 1. The van der Waals surface area contributed by atoms with Gasteiger partial charge >= 0.3 is 6.18 Å². The van der Waals surface area contributed by atoms with Crippen LogP contribution >= 0.6 is 0 Å². The van der Waals surface area contributed by atoms with Crippen molar-refractivity contribution in [3.8, 4) is 0 Å². The molecule has 196 valence electrons. The van der Waals surface area contributed by atoms with Gasteiger partial charge in [-0.2, -0.15) is 18.3 Å². The van der Waals surface area contributed by atoms with Crippen molar-refractivity contribution in [2.24, 2.45) is 0 Å². The topological polar surface area (TPSA) is 112 Å². The van der Waals surface area contributed by atoms with Crippen molar-refractivity contribution in [2.75, 3.05) is 30.0 Å². The monoisotopic (exact) mass is 508 g/mol. The summed E-state index contributed by atoms with van der Waals surface area (Å²) >= 11 is 0. The number of aromatic amines is 1. The SMILES string of the molecule is O=C(CCOC[C@@H]1CCCN1c1cn[nH]c(=O)c1C(F)(F)F)N[C@H]1CC[C@H](Nc2ccccn2)CC1. The smallest absolute Gasteiger partial charge is 0.379 e. The molecule has 2 aromatic heterocycles. The second-order valence-electron chi connectivity index (χ2n) is 9.25. The van der Waals surface area contributed by atoms with Gasteiger partial charge in [-0.1, -0.05) is 6.07 Å². The fourth-order valence-corrected chi connectivity index (χ4v) is 4.93. The van der Waals surface area contributed by atoms with Crippen LogP contribution in [0.5, 0.6) is 0 Å². The first kappa shape index (κ1) is 25.9. The number of ether oxygens (including phenoxy) is 1. The Balaban J connectivity index is 1.18. The predicted octanol–water partition coefficient (Wildman–Crippen LogP) is 3.10. The second kappa shape index (κ2) is 11.7. The lowest BCUT2D eigenvalue weighted by molar-refractivity contribution is -0.138. The average molecular weight is 509 g/mol. The van der Waals surface area contributed by atoms with Gasteiger partial charge < -0.3 is 20.3 Å². The Labute approximate surface area is 206 Å². The van der Waals surface area contributed by atoms with E-state index in [1.54, 1.807) is 6.20 Å². The highest BCUT2D eigenvalue weighted by molar-refractivity contribution is 5.76. The summed E-state index contributed by atoms with van der Waals surface area (Å²) in [5.41, 5.74) is -2.73. The van der Waals surface area contributed by atoms with Gasteiger partial charge in [-0.3, -0.25) is 9.59 Å². The lowest BCUT2D eigenvalue weighted by Gasteiger charge is -2.30. The van der Waals surface area contributed by atoms with Crippen molar-refractivity contribution in [3.63, 3.8) is 0 Å². The summed E-state index contributed by atoms with van der Waals surface area (Å²) in [5.74, 6) is 0.755. The molecule has 36 heavy (non-hydrogen) atoms. The summed E-state index contributed by atoms with van der Waals surface area (Å²) < 4.78 is 46.0. The number of pyridine rings is 1. The maximum atomic E-state index is 13.4. The molecule has 2 aliphatic rings. The summed E-state index contributed by atoms with van der Waals surface area (Å²) in [6.07, 6.45) is 3.11. The first-order valence-corrected chi connectivity index (χ1v) is 12.3. The molecule has 2 aromatic rings. The van der Waals surface area contributed by atoms with Gasteiger partial charge in [-0.15, -0.1) is 0 Å². The minimum absolute atomic E-state index is 0.0995. The van der Waals surface area contributed by atoms with Crippen LogP contribution in [0, 0.1) is 0 Å². The average Bonchev–Trinajstić information content (AvgIpc) is 3.31. The van der Waals surface area contributed by atoms with E-state index in [9.17, 15) is 22.8 Å². The van der Waals surface area contributed by atoms with Crippen LogP contribution in [0.15, 0.2) is 35.4 Å². The number of amides is 1. The molecule has 0 unspecified atom stereocenters. The fraction of sp³-hybridized carbons (Fsp3) is 0.583. The van der Waals surface area contributed by atoms with E-state index in [1.807, 2.05) is 23.3 Å². The minimum Gasteiger partial charge on any atom is -0.379 e. The number of hydrogen-bond donors (Lipinski definition) is 3. The third-order valence-electron chi connectivity index (χ3n) is 6.70. The predicted molar refractivity (Wildman–Crippen MR) is 128 cm³/mol. The van der Waals surface area contributed by atoms with Gasteiger partial charge in [0.15, 0.2) is 0 Å². The molecule has 9 nitrogen and oxygen atoms in total. The molecule has 2 fully saturated rings. The van der Waals surface area contributed by atoms with Crippen LogP contribution in [0.2, 0.25) is 0 Å². The first-order chi connectivity index (χ1) is 17.3. The van der Waals surface area contributed by atoms with Crippen molar-refractivity contribution in [2.45, 2.75) is 69.2 Å². The fourth-order valence-electron chi connectivity index (χ4n) is 4.93. The van der Waals surface area contributed by atoms with E-state index in [1.165, 1.54) is 4.90 Å². The van der Waals surface area contributed by atoms with Gasteiger partial charge in [0.05, 0.1) is 31.1 Å². The largest absolute Gasteiger partial charge is 0.423 e. The molecule has 0 aromatic carbocycles. The van der Waals surface area contributed by atoms with Crippen molar-refractivity contribution >= 4 is 17.4 Å². The van der Waals surface area contributed by atoms with Gasteiger partial charge in [0.2, 0.25) is 5.91 Å². The Bertz CT molecular complexity index is 1060. The van der Waals surface area contributed by atoms with Gasteiger partial charge in [-0.25, -0.2) is 10.1 Å². The highest BCUT2D eigenvalue weighted by Gasteiger charge is 2.40. The van der Waals surface area contributed by atoms with E-state index in [2.05, 4.69) is 20.7 Å². The Morgan fingerprint density at radius 2 is 1.94 bits per heavy atom. The maximum absolute atomic E-state index is 13.4. The number of nitrogens with one attached hydrogen (secondary N) is 3. The van der Waals surface area contributed by atoms with E-state index in [0.717, 1.165) is 37.7 Å². The summed E-state index contributed by atoms with van der Waals surface area (Å²) in [6.45, 7) is 0.717. The highest BCUT2D eigenvalue weighted by Crippen LogP contribution is 2.36. The highest BCUT2D eigenvalue weighted by atomic mass is 19.4. The molecule has 3 heterocycles. The van der Waals surface area contributed by atoms with Crippen molar-refractivity contribution in [1.82, 2.24) is 20.5 Å². The maximum Gasteiger partial charge on any atom is 0.423 e. The lowest BCUT2D eigenvalue weighted by atomic mass is 9.91. The molecule has 1 aliphatic carbocycles. The first-order valence-electron chi connectivity index (χ1n) is 12.3. The summed E-state index contributed by atoms with van der Waals surface area (Å²) in [5, 5.41) is 11.9. The zero-order chi connectivity index (χ0) is 25.5. The standard InChI is InChI=1S/C24H31F3N6O3/c25-24(26,27)22-19(14-29-32-23(22)35)33-12-3-4-18(33)15-36-13-10-21(34)31-17-8-6-16(7-9-17)30-20-5-1-2-11-28-20/h1-2,5,11,14,16-18H,3-4,6-10,12-13,15H2,(H,28,30)(H,31,34)(H,32,35)/t16-,17-,18-/m0/s1. The number of rotatable bonds is 9. The molecule has 0 radical (unpaired) electrons. The molecule has 1 atom stereocenters. The Hall–Kier alpha value is -3.15. The van der Waals surface area contributed by atoms with Crippen molar-refractivity contribution in [1.29, 1.82) is 0 Å². The van der Waals surface area contributed by atoms with E-state index in [-0.39, 0.29) is 43.3 Å². The van der Waals surface area contributed by atoms with E-state index in [0.29, 0.717) is 25.4 Å². The molecule has 1 saturated carbocycles. The Kier molecular flexibility index (Phi) is 8.44. The molecular weight excluding hydrogens is 477 g/mol. The molecule has 4 rings (SSSR count). The minimum atomic E-state index is -4.79. The number of nitrogens with zero attached hydrogens (tertiary/aromatic N) is 3. The van der Waals surface area contributed by atoms with E-state index >= 15 is 0 Å². The molecule has 1 aliphatic heterocycles. The van der Waals surface area contributed by atoms with Gasteiger partial charge in [0.25, 0.3) is 5.56 Å². The zero-order valence-corrected chi connectivity index (χ0v) is 19.9. The summed E-state index contributed by atoms with van der Waals surface area (Å²) in [7, 11) is 0. The molecular formula is C24H31F3N6O3. The number of alkyl halides is 3. The number of carbonyl (C=O) groups excluding carboxylic acids is 1. The van der Waals surface area contributed by atoms with Gasteiger partial charge in [0.1, 0.15) is 11.4 Å². The molecule has 0 bridgehead atoms. The van der Waals surface area contributed by atoms with E-state index in [4.69, 9.17) is 4.74 Å². The number of anilines is 2. The number of halogens is 3. The summed E-state index contributed by atoms with van der Waals surface area (Å²) in [6, 6.07) is 5.88. The number of aromatic nitrogens is 3. The second-order valence-corrected chi connectivity index (χ2v) is 9.25. The third kappa shape index (κ3) is 6.74. The van der Waals surface area contributed by atoms with Crippen LogP contribution in [0.25, 0.3) is 0 Å². The number of carbonyl (C=O) groups is 1. The van der Waals surface area contributed by atoms with Crippen LogP contribution in [0.3, 0.4) is 0 Å². The number of hydrogen-bond acceptors (Lipinski definition) is 7. The van der Waals surface area contributed by atoms with E-state index < -0.39 is 17.3 Å². The molecule has 1 amide bonds. The molecule has 0 spiro atoms. The van der Waals surface area contributed by atoms with Crippen LogP contribution in [0.1, 0.15) is 50.5 Å². The third-order valence-corrected chi connectivity index (χ3v) is 6.70. The summed E-state index contributed by atoms with van der Waals surface area (Å²) in [4.78, 5) is 30.0. The lowest BCUT2D eigenvalue weighted by Crippen LogP contribution is -2.40. The quantitative estimate of drug-likeness (QED) is 0.446. The van der Waals surface area contributed by atoms with Crippen LogP contribution < -0.4 is 21.1 Å². The zero-order valence-electron chi connectivity index (χ0n) is 19.9. The molecule has 1 saturated heterocycles. The molecule has 12 heteroatoms. The normalized spacial score (nSPS) is 22.4. The molecule has 3 N–H and O–H groups in total. The van der Waals surface area contributed by atoms with Gasteiger partial charge in [0, 0.05) is 31.2 Å². The van der Waals surface area contributed by atoms with Crippen molar-refractivity contribution < 1.29 is 22.7 Å². The van der Waals surface area contributed by atoms with Crippen LogP contribution in [-0.2, 0) is 15.7 Å². The van der Waals surface area contributed by atoms with Crippen LogP contribution in [-0.4, -0.2) is 59.0 Å².